The summed E-state index contributed by atoms with van der Waals surface area (Å²) in [5.41, 5.74) is 1.70. The van der Waals surface area contributed by atoms with Crippen molar-refractivity contribution >= 4 is 17.3 Å². The normalized spacial score (nSPS) is 10.4. The van der Waals surface area contributed by atoms with Crippen LogP contribution in [0.15, 0.2) is 22.1 Å². The molecular weight excluding hydrogens is 226 g/mol. The van der Waals surface area contributed by atoms with Crippen LogP contribution in [0.5, 0.6) is 0 Å². The summed E-state index contributed by atoms with van der Waals surface area (Å²) < 4.78 is 9.79. The number of nitrogens with zero attached hydrogens (tertiary/aromatic N) is 1. The number of methoxy groups -OCH3 is 1. The van der Waals surface area contributed by atoms with Crippen LogP contribution in [0, 0.1) is 6.92 Å². The smallest absolute Gasteiger partial charge is 0.311 e. The lowest BCUT2D eigenvalue weighted by Gasteiger charge is -1.94. The first-order chi connectivity index (χ1) is 7.70. The van der Waals surface area contributed by atoms with Crippen molar-refractivity contribution in [2.75, 3.05) is 7.11 Å². The largest absolute Gasteiger partial charge is 0.469 e. The van der Waals surface area contributed by atoms with Gasteiger partial charge in [0, 0.05) is 5.38 Å². The molecule has 84 valence electrons. The zero-order valence-corrected chi connectivity index (χ0v) is 9.84. The van der Waals surface area contributed by atoms with Gasteiger partial charge >= 0.3 is 5.97 Å². The molecule has 0 aliphatic carbocycles. The maximum atomic E-state index is 11.1. The van der Waals surface area contributed by atoms with Gasteiger partial charge in [-0.3, -0.25) is 4.79 Å². The molecule has 0 aliphatic rings. The molecule has 0 aromatic carbocycles. The molecule has 0 spiro atoms. The van der Waals surface area contributed by atoms with E-state index in [-0.39, 0.29) is 12.4 Å². The Hall–Kier alpha value is -1.62. The molecule has 0 atom stereocenters. The van der Waals surface area contributed by atoms with Crippen LogP contribution in [0.1, 0.15) is 11.5 Å². The van der Waals surface area contributed by atoms with Crippen molar-refractivity contribution in [2.24, 2.45) is 0 Å². The average molecular weight is 237 g/mol. The van der Waals surface area contributed by atoms with E-state index in [2.05, 4.69) is 9.72 Å². The summed E-state index contributed by atoms with van der Waals surface area (Å²) in [6.07, 6.45) is 1.84. The van der Waals surface area contributed by atoms with Gasteiger partial charge in [-0.05, 0) is 13.0 Å². The molecule has 0 bridgehead atoms. The van der Waals surface area contributed by atoms with Crippen LogP contribution in [0.4, 0.5) is 0 Å². The van der Waals surface area contributed by atoms with Crippen molar-refractivity contribution in [2.45, 2.75) is 13.3 Å². The minimum atomic E-state index is -0.277. The van der Waals surface area contributed by atoms with Crippen LogP contribution in [0.25, 0.3) is 10.6 Å². The first-order valence-electron chi connectivity index (χ1n) is 4.76. The van der Waals surface area contributed by atoms with Gasteiger partial charge in [0.25, 0.3) is 0 Å². The van der Waals surface area contributed by atoms with E-state index in [9.17, 15) is 4.79 Å². The van der Waals surface area contributed by atoms with Gasteiger partial charge in [0.05, 0.1) is 31.1 Å². The molecule has 0 amide bonds. The summed E-state index contributed by atoms with van der Waals surface area (Å²) in [6.45, 7) is 1.89. The molecule has 0 aliphatic heterocycles. The summed E-state index contributed by atoms with van der Waals surface area (Å²) >= 11 is 1.50. The minimum Gasteiger partial charge on any atom is -0.469 e. The van der Waals surface area contributed by atoms with Gasteiger partial charge in [0.2, 0.25) is 0 Å². The third kappa shape index (κ3) is 2.14. The van der Waals surface area contributed by atoms with Crippen LogP contribution in [0.2, 0.25) is 0 Å². The number of hydrogen-bond donors (Lipinski definition) is 0. The summed E-state index contributed by atoms with van der Waals surface area (Å²) in [5, 5.41) is 2.73. The summed E-state index contributed by atoms with van der Waals surface area (Å²) in [6, 6.07) is 1.87. The van der Waals surface area contributed by atoms with E-state index in [1.165, 1.54) is 18.4 Å². The lowest BCUT2D eigenvalue weighted by molar-refractivity contribution is -0.139. The highest BCUT2D eigenvalue weighted by molar-refractivity contribution is 7.13. The van der Waals surface area contributed by atoms with Gasteiger partial charge < -0.3 is 9.15 Å². The number of ether oxygens (including phenoxy) is 1. The molecule has 0 N–H and O–H groups in total. The number of rotatable bonds is 3. The number of carbonyl (C=O) groups excluding carboxylic acids is 1. The topological polar surface area (TPSA) is 52.3 Å². The van der Waals surface area contributed by atoms with Gasteiger partial charge in [0.15, 0.2) is 0 Å². The molecule has 2 aromatic heterocycles. The molecule has 5 heteroatoms. The molecule has 4 nitrogen and oxygen atoms in total. The third-order valence-corrected chi connectivity index (χ3v) is 3.12. The van der Waals surface area contributed by atoms with Crippen molar-refractivity contribution in [3.8, 4) is 10.6 Å². The second kappa shape index (κ2) is 4.49. The zero-order chi connectivity index (χ0) is 11.5. The Balaban J connectivity index is 2.20. The first-order valence-corrected chi connectivity index (χ1v) is 5.64. The lowest BCUT2D eigenvalue weighted by atomic mass is 10.3. The molecule has 2 heterocycles. The predicted octanol–water partition coefficient (Wildman–Crippen LogP) is 2.43. The van der Waals surface area contributed by atoms with Crippen molar-refractivity contribution in [3.05, 3.63) is 29.2 Å². The summed E-state index contributed by atoms with van der Waals surface area (Å²) in [4.78, 5) is 15.4. The quantitative estimate of drug-likeness (QED) is 0.769. The van der Waals surface area contributed by atoms with Gasteiger partial charge in [0.1, 0.15) is 10.8 Å². The number of thiazole rings is 1. The molecule has 0 saturated heterocycles. The van der Waals surface area contributed by atoms with Crippen LogP contribution in [0.3, 0.4) is 0 Å². The van der Waals surface area contributed by atoms with E-state index < -0.39 is 0 Å². The highest BCUT2D eigenvalue weighted by Gasteiger charge is 2.11. The van der Waals surface area contributed by atoms with Gasteiger partial charge in [-0.25, -0.2) is 4.98 Å². The molecule has 0 fully saturated rings. The van der Waals surface area contributed by atoms with Crippen molar-refractivity contribution in [3.63, 3.8) is 0 Å². The van der Waals surface area contributed by atoms with E-state index >= 15 is 0 Å². The van der Waals surface area contributed by atoms with Crippen LogP contribution in [-0.4, -0.2) is 18.1 Å². The Labute approximate surface area is 96.9 Å². The Kier molecular flexibility index (Phi) is 3.05. The highest BCUT2D eigenvalue weighted by atomic mass is 32.1. The Morgan fingerprint density at radius 3 is 3.06 bits per heavy atom. The Morgan fingerprint density at radius 2 is 2.44 bits per heavy atom. The van der Waals surface area contributed by atoms with Crippen molar-refractivity contribution < 1.29 is 13.9 Å². The molecule has 2 aromatic rings. The SMILES string of the molecule is COC(=O)Cc1csc(-c2ccoc2C)n1. The van der Waals surface area contributed by atoms with Crippen LogP contribution in [-0.2, 0) is 16.0 Å². The molecular formula is C11H11NO3S. The van der Waals surface area contributed by atoms with Crippen LogP contribution < -0.4 is 0 Å². The zero-order valence-electron chi connectivity index (χ0n) is 9.02. The maximum Gasteiger partial charge on any atom is 0.311 e. The van der Waals surface area contributed by atoms with Gasteiger partial charge in [-0.1, -0.05) is 0 Å². The van der Waals surface area contributed by atoms with Gasteiger partial charge in [-0.15, -0.1) is 11.3 Å². The number of carbonyl (C=O) groups is 1. The fourth-order valence-electron chi connectivity index (χ4n) is 1.34. The summed E-state index contributed by atoms with van der Waals surface area (Å²) in [7, 11) is 1.37. The molecule has 0 radical (unpaired) electrons. The minimum absolute atomic E-state index is 0.212. The van der Waals surface area contributed by atoms with Crippen molar-refractivity contribution in [1.29, 1.82) is 0 Å². The van der Waals surface area contributed by atoms with Crippen LogP contribution >= 0.6 is 11.3 Å². The standard InChI is InChI=1S/C11H11NO3S/c1-7-9(3-4-15-7)11-12-8(6-16-11)5-10(13)14-2/h3-4,6H,5H2,1-2H3. The summed E-state index contributed by atoms with van der Waals surface area (Å²) in [5.74, 6) is 0.555. The monoisotopic (exact) mass is 237 g/mol. The number of aryl methyl sites for hydroxylation is 1. The van der Waals surface area contributed by atoms with Crippen molar-refractivity contribution in [1.82, 2.24) is 4.98 Å². The van der Waals surface area contributed by atoms with E-state index in [1.807, 2.05) is 18.4 Å². The van der Waals surface area contributed by atoms with E-state index in [1.54, 1.807) is 6.26 Å². The number of aromatic nitrogens is 1. The predicted molar refractivity (Wildman–Crippen MR) is 60.3 cm³/mol. The molecule has 16 heavy (non-hydrogen) atoms. The molecule has 0 saturated carbocycles. The maximum absolute atomic E-state index is 11.1. The third-order valence-electron chi connectivity index (χ3n) is 2.19. The second-order valence-electron chi connectivity index (χ2n) is 3.29. The molecule has 2 rings (SSSR count). The fourth-order valence-corrected chi connectivity index (χ4v) is 2.23. The number of furan rings is 1. The Bertz CT molecular complexity index is 501. The van der Waals surface area contributed by atoms with E-state index in [0.29, 0.717) is 0 Å². The van der Waals surface area contributed by atoms with E-state index in [0.717, 1.165) is 22.0 Å². The van der Waals surface area contributed by atoms with E-state index in [4.69, 9.17) is 4.42 Å². The van der Waals surface area contributed by atoms with Gasteiger partial charge in [-0.2, -0.15) is 0 Å². The molecule has 0 unspecified atom stereocenters. The Morgan fingerprint density at radius 1 is 1.62 bits per heavy atom. The average Bonchev–Trinajstić information content (AvgIpc) is 2.86. The highest BCUT2D eigenvalue weighted by Crippen LogP contribution is 2.27. The second-order valence-corrected chi connectivity index (χ2v) is 4.15. The first kappa shape index (κ1) is 10.9. The lowest BCUT2D eigenvalue weighted by Crippen LogP contribution is -2.04. The number of esters is 1. The fraction of sp³-hybridized carbons (Fsp3) is 0.273. The number of hydrogen-bond acceptors (Lipinski definition) is 5.